The van der Waals surface area contributed by atoms with Gasteiger partial charge in [0.2, 0.25) is 5.95 Å². The Morgan fingerprint density at radius 1 is 1.12 bits per heavy atom. The predicted octanol–water partition coefficient (Wildman–Crippen LogP) is 3.53. The van der Waals surface area contributed by atoms with E-state index in [9.17, 15) is 19.8 Å². The number of rotatable bonds is 5. The van der Waals surface area contributed by atoms with E-state index >= 15 is 0 Å². The number of nitrogens with one attached hydrogen (secondary N) is 1. The van der Waals surface area contributed by atoms with Crippen LogP contribution in [0.5, 0.6) is 0 Å². The number of carbonyl (C=O) groups is 2. The molecule has 5 rings (SSSR count). The summed E-state index contributed by atoms with van der Waals surface area (Å²) in [7, 11) is 0. The normalized spacial score (nSPS) is 16.9. The number of imidazole rings is 1. The minimum atomic E-state index is -1.73. The Bertz CT molecular complexity index is 1460. The van der Waals surface area contributed by atoms with E-state index in [1.54, 1.807) is 42.5 Å². The zero-order chi connectivity index (χ0) is 23.9. The molecule has 8 nitrogen and oxygen atoms in total. The molecule has 0 bridgehead atoms. The third-order valence-corrected chi connectivity index (χ3v) is 5.96. The number of aromatic amines is 1. The molecule has 0 saturated heterocycles. The summed E-state index contributed by atoms with van der Waals surface area (Å²) in [6.45, 7) is 0.0325. The maximum absolute atomic E-state index is 13.3. The standard InChI is InChI=1S/C26H20N4O4/c1-2-14-29(25(32)33)24-27-21-13-12-18(15-22(21)28-24)26(34)20-11-7-6-10-19(20)23(31)30(26)16-17-8-4-3-5-9-17/h1,3-13,15,34H,14,16H2,(H,27,28)(H,32,33). The minimum Gasteiger partial charge on any atom is -0.465 e. The van der Waals surface area contributed by atoms with Gasteiger partial charge in [-0.05, 0) is 23.8 Å². The van der Waals surface area contributed by atoms with Gasteiger partial charge in [-0.2, -0.15) is 0 Å². The molecular weight excluding hydrogens is 432 g/mol. The van der Waals surface area contributed by atoms with Crippen LogP contribution in [0.4, 0.5) is 10.7 Å². The first-order valence-corrected chi connectivity index (χ1v) is 10.6. The van der Waals surface area contributed by atoms with Crippen molar-refractivity contribution in [3.63, 3.8) is 0 Å². The Hall–Kier alpha value is -4.61. The molecule has 0 saturated carbocycles. The van der Waals surface area contributed by atoms with Gasteiger partial charge in [0.15, 0.2) is 5.72 Å². The molecule has 3 aromatic carbocycles. The Morgan fingerprint density at radius 2 is 1.85 bits per heavy atom. The van der Waals surface area contributed by atoms with Gasteiger partial charge in [0.05, 0.1) is 17.6 Å². The zero-order valence-corrected chi connectivity index (χ0v) is 18.0. The van der Waals surface area contributed by atoms with E-state index in [0.29, 0.717) is 27.7 Å². The van der Waals surface area contributed by atoms with Crippen molar-refractivity contribution < 1.29 is 19.8 Å². The Balaban J connectivity index is 1.63. The molecule has 168 valence electrons. The Kier molecular flexibility index (Phi) is 5.04. The fourth-order valence-corrected chi connectivity index (χ4v) is 4.34. The maximum atomic E-state index is 13.3. The summed E-state index contributed by atoms with van der Waals surface area (Å²) in [5.41, 5.74) is 1.50. The number of amides is 2. The maximum Gasteiger partial charge on any atom is 0.415 e. The van der Waals surface area contributed by atoms with Crippen molar-refractivity contribution in [1.82, 2.24) is 14.9 Å². The van der Waals surface area contributed by atoms with Crippen LogP contribution in [0.25, 0.3) is 11.0 Å². The molecule has 1 unspecified atom stereocenters. The molecule has 1 aromatic heterocycles. The van der Waals surface area contributed by atoms with Crippen molar-refractivity contribution >= 4 is 29.0 Å². The van der Waals surface area contributed by atoms with Gasteiger partial charge in [-0.15, -0.1) is 6.42 Å². The lowest BCUT2D eigenvalue weighted by molar-refractivity contribution is -0.0542. The zero-order valence-electron chi connectivity index (χ0n) is 18.0. The van der Waals surface area contributed by atoms with Crippen LogP contribution in [0.1, 0.15) is 27.0 Å². The second kappa shape index (κ2) is 8.06. The molecule has 0 aliphatic carbocycles. The quantitative estimate of drug-likeness (QED) is 0.402. The van der Waals surface area contributed by atoms with Crippen molar-refractivity contribution in [3.8, 4) is 12.3 Å². The first kappa shape index (κ1) is 21.2. The molecule has 1 atom stereocenters. The highest BCUT2D eigenvalue weighted by Crippen LogP contribution is 2.43. The van der Waals surface area contributed by atoms with E-state index in [1.165, 1.54) is 4.90 Å². The topological polar surface area (TPSA) is 110 Å². The van der Waals surface area contributed by atoms with Crippen molar-refractivity contribution in [2.24, 2.45) is 0 Å². The van der Waals surface area contributed by atoms with E-state index in [1.807, 2.05) is 30.3 Å². The number of hydrogen-bond acceptors (Lipinski definition) is 4. The van der Waals surface area contributed by atoms with Gasteiger partial charge in [0.25, 0.3) is 5.91 Å². The van der Waals surface area contributed by atoms with Crippen molar-refractivity contribution in [2.75, 3.05) is 11.4 Å². The number of carboxylic acid groups (broad SMARTS) is 1. The molecule has 2 amide bonds. The van der Waals surface area contributed by atoms with Gasteiger partial charge in [-0.1, -0.05) is 60.5 Å². The fraction of sp³-hybridized carbons (Fsp3) is 0.115. The number of H-pyrrole nitrogens is 1. The van der Waals surface area contributed by atoms with Crippen LogP contribution in [0.3, 0.4) is 0 Å². The van der Waals surface area contributed by atoms with E-state index in [2.05, 4.69) is 15.9 Å². The summed E-state index contributed by atoms with van der Waals surface area (Å²) in [4.78, 5) is 34.6. The molecule has 8 heteroatoms. The van der Waals surface area contributed by atoms with Gasteiger partial charge in [-0.3, -0.25) is 9.69 Å². The first-order chi connectivity index (χ1) is 16.4. The first-order valence-electron chi connectivity index (χ1n) is 10.6. The SMILES string of the molecule is C#CCN(C(=O)O)c1nc2ccc(C3(O)c4ccccc4C(=O)N3Cc3ccccc3)cc2[nH]1. The molecular formula is C26H20N4O4. The van der Waals surface area contributed by atoms with Crippen LogP contribution < -0.4 is 4.90 Å². The second-order valence-electron chi connectivity index (χ2n) is 7.96. The second-order valence-corrected chi connectivity index (χ2v) is 7.96. The number of fused-ring (bicyclic) bond motifs is 2. The molecule has 1 aliphatic heterocycles. The molecule has 1 aliphatic rings. The summed E-state index contributed by atoms with van der Waals surface area (Å²) in [5.74, 6) is 2.10. The molecule has 0 fully saturated rings. The fourth-order valence-electron chi connectivity index (χ4n) is 4.34. The molecule has 0 spiro atoms. The predicted molar refractivity (Wildman–Crippen MR) is 126 cm³/mol. The van der Waals surface area contributed by atoms with Crippen LogP contribution in [0.2, 0.25) is 0 Å². The highest BCUT2D eigenvalue weighted by molar-refractivity contribution is 6.00. The summed E-state index contributed by atoms with van der Waals surface area (Å²) >= 11 is 0. The number of hydrogen-bond donors (Lipinski definition) is 3. The number of terminal acetylenes is 1. The number of aromatic nitrogens is 2. The summed E-state index contributed by atoms with van der Waals surface area (Å²) in [6, 6.07) is 21.5. The van der Waals surface area contributed by atoms with Crippen molar-refractivity contribution in [3.05, 3.63) is 95.1 Å². The van der Waals surface area contributed by atoms with E-state index in [-0.39, 0.29) is 24.9 Å². The highest BCUT2D eigenvalue weighted by Gasteiger charge is 2.49. The van der Waals surface area contributed by atoms with Crippen LogP contribution >= 0.6 is 0 Å². The van der Waals surface area contributed by atoms with Gasteiger partial charge in [0, 0.05) is 23.2 Å². The number of nitrogens with zero attached hydrogens (tertiary/aromatic N) is 3. The number of aliphatic hydroxyl groups is 1. The lowest BCUT2D eigenvalue weighted by atomic mass is 9.93. The Morgan fingerprint density at radius 3 is 2.59 bits per heavy atom. The third-order valence-electron chi connectivity index (χ3n) is 5.96. The summed E-state index contributed by atoms with van der Waals surface area (Å²) in [6.07, 6.45) is 4.06. The lowest BCUT2D eigenvalue weighted by Crippen LogP contribution is -2.44. The van der Waals surface area contributed by atoms with Gasteiger partial charge in [-0.25, -0.2) is 14.7 Å². The van der Waals surface area contributed by atoms with Crippen molar-refractivity contribution in [1.29, 1.82) is 0 Å². The minimum absolute atomic E-state index is 0.0774. The largest absolute Gasteiger partial charge is 0.465 e. The number of benzene rings is 3. The Labute approximate surface area is 195 Å². The summed E-state index contributed by atoms with van der Waals surface area (Å²) in [5, 5.41) is 21.5. The monoisotopic (exact) mass is 452 g/mol. The molecule has 3 N–H and O–H groups in total. The molecule has 2 heterocycles. The van der Waals surface area contributed by atoms with E-state index in [4.69, 9.17) is 6.42 Å². The third kappa shape index (κ3) is 3.27. The molecule has 0 radical (unpaired) electrons. The van der Waals surface area contributed by atoms with Crippen LogP contribution in [0, 0.1) is 12.3 Å². The average Bonchev–Trinajstić information content (AvgIpc) is 3.36. The number of carbonyl (C=O) groups excluding carboxylic acids is 1. The van der Waals surface area contributed by atoms with Crippen LogP contribution in [-0.4, -0.2) is 43.6 Å². The summed E-state index contributed by atoms with van der Waals surface area (Å²) < 4.78 is 0. The van der Waals surface area contributed by atoms with Crippen LogP contribution in [0.15, 0.2) is 72.8 Å². The average molecular weight is 452 g/mol. The molecule has 4 aromatic rings. The van der Waals surface area contributed by atoms with E-state index in [0.717, 1.165) is 10.5 Å². The smallest absolute Gasteiger partial charge is 0.415 e. The van der Waals surface area contributed by atoms with Gasteiger partial charge >= 0.3 is 6.09 Å². The van der Waals surface area contributed by atoms with Crippen LogP contribution in [-0.2, 0) is 12.3 Å². The highest BCUT2D eigenvalue weighted by atomic mass is 16.4. The van der Waals surface area contributed by atoms with Crippen molar-refractivity contribution in [2.45, 2.75) is 12.3 Å². The number of anilines is 1. The molecule has 34 heavy (non-hydrogen) atoms. The van der Waals surface area contributed by atoms with E-state index < -0.39 is 11.8 Å². The van der Waals surface area contributed by atoms with Gasteiger partial charge < -0.3 is 15.2 Å². The van der Waals surface area contributed by atoms with Gasteiger partial charge in [0.1, 0.15) is 0 Å². The lowest BCUT2D eigenvalue weighted by Gasteiger charge is -2.35.